The molecule has 0 saturated heterocycles. The van der Waals surface area contributed by atoms with Crippen LogP contribution in [0.3, 0.4) is 0 Å². The predicted octanol–water partition coefficient (Wildman–Crippen LogP) is 1.22. The molecule has 4 aromatic rings. The predicted molar refractivity (Wildman–Crippen MR) is 112 cm³/mol. The number of hydrogen-bond donors (Lipinski definition) is 1. The Balaban J connectivity index is 1.57. The van der Waals surface area contributed by atoms with E-state index in [1.807, 2.05) is 17.5 Å². The van der Waals surface area contributed by atoms with Crippen LogP contribution in [-0.2, 0) is 32.4 Å². The van der Waals surface area contributed by atoms with Crippen LogP contribution < -0.4 is 16.6 Å². The zero-order valence-electron chi connectivity index (χ0n) is 15.6. The van der Waals surface area contributed by atoms with Crippen molar-refractivity contribution in [1.29, 1.82) is 0 Å². The van der Waals surface area contributed by atoms with Crippen molar-refractivity contribution in [2.45, 2.75) is 15.9 Å². The van der Waals surface area contributed by atoms with E-state index in [2.05, 4.69) is 20.5 Å². The first kappa shape index (κ1) is 19.5. The third-order valence-corrected chi connectivity index (χ3v) is 6.99. The van der Waals surface area contributed by atoms with Crippen molar-refractivity contribution < 1.29 is 4.79 Å². The first-order valence-corrected chi connectivity index (χ1v) is 10.8. The number of rotatable bonds is 5. The molecule has 4 rings (SSSR count). The number of nitrogens with zero attached hydrogens (tertiary/aromatic N) is 6. The van der Waals surface area contributed by atoms with Crippen LogP contribution >= 0.6 is 34.4 Å². The van der Waals surface area contributed by atoms with Crippen molar-refractivity contribution in [3.8, 4) is 0 Å². The lowest BCUT2D eigenvalue weighted by atomic mass is 10.3. The van der Waals surface area contributed by atoms with Crippen LogP contribution in [0.4, 0.5) is 5.13 Å². The van der Waals surface area contributed by atoms with Crippen molar-refractivity contribution in [3.63, 3.8) is 0 Å². The Morgan fingerprint density at radius 2 is 1.97 bits per heavy atom. The van der Waals surface area contributed by atoms with Crippen LogP contribution in [0.1, 0.15) is 4.88 Å². The van der Waals surface area contributed by atoms with E-state index in [1.54, 1.807) is 18.7 Å². The number of imidazole rings is 1. The Morgan fingerprint density at radius 3 is 2.69 bits per heavy atom. The van der Waals surface area contributed by atoms with E-state index in [-0.39, 0.29) is 12.3 Å². The van der Waals surface area contributed by atoms with Crippen molar-refractivity contribution in [2.24, 2.45) is 21.1 Å². The Bertz CT molecular complexity index is 1330. The summed E-state index contributed by atoms with van der Waals surface area (Å²) in [7, 11) is 4.70. The fourth-order valence-electron chi connectivity index (χ4n) is 2.70. The second-order valence-electron chi connectivity index (χ2n) is 6.11. The van der Waals surface area contributed by atoms with Gasteiger partial charge in [-0.2, -0.15) is 0 Å². The molecule has 0 aliphatic rings. The molecule has 4 heterocycles. The first-order chi connectivity index (χ1) is 13.8. The molecule has 150 valence electrons. The summed E-state index contributed by atoms with van der Waals surface area (Å²) in [5.41, 5.74) is -0.226. The molecule has 0 spiro atoms. The SMILES string of the molecule is Cn1c(=O)c2c(nc(Sc3nnc(NC(=O)Cc4cccs4)s3)n2C)n(C)c1=O. The highest BCUT2D eigenvalue weighted by Crippen LogP contribution is 2.32. The molecule has 4 aromatic heterocycles. The summed E-state index contributed by atoms with van der Waals surface area (Å²) in [6.45, 7) is 0. The average Bonchev–Trinajstić information content (AvgIpc) is 3.41. The van der Waals surface area contributed by atoms with Crippen LogP contribution in [0.2, 0.25) is 0 Å². The number of nitrogens with one attached hydrogen (secondary N) is 1. The number of carbonyl (C=O) groups is 1. The Hall–Kier alpha value is -2.77. The smallest absolute Gasteiger partial charge is 0.316 e. The largest absolute Gasteiger partial charge is 0.332 e. The molecule has 1 amide bonds. The van der Waals surface area contributed by atoms with Gasteiger partial charge in [0, 0.05) is 26.0 Å². The first-order valence-electron chi connectivity index (χ1n) is 8.31. The standard InChI is InChI=1S/C16H15N7O3S3/c1-21-10-11(22(2)16(26)23(3)12(10)25)18-14(21)29-15-20-19-13(28-15)17-9(24)7-8-5-4-6-27-8/h4-6H,7H2,1-3H3,(H,17,19,24). The number of aryl methyl sites for hydroxylation is 2. The van der Waals surface area contributed by atoms with Crippen molar-refractivity contribution in [2.75, 3.05) is 5.32 Å². The molecular weight excluding hydrogens is 434 g/mol. The lowest BCUT2D eigenvalue weighted by Crippen LogP contribution is -2.37. The van der Waals surface area contributed by atoms with Crippen LogP contribution in [0.15, 0.2) is 36.6 Å². The number of thiophene rings is 1. The molecule has 29 heavy (non-hydrogen) atoms. The van der Waals surface area contributed by atoms with E-state index in [0.29, 0.717) is 25.8 Å². The minimum Gasteiger partial charge on any atom is -0.316 e. The average molecular weight is 450 g/mol. The third kappa shape index (κ3) is 3.63. The fraction of sp³-hybridized carbons (Fsp3) is 0.250. The van der Waals surface area contributed by atoms with Crippen LogP contribution in [0.25, 0.3) is 11.2 Å². The van der Waals surface area contributed by atoms with E-state index < -0.39 is 11.2 Å². The number of hydrogen-bond acceptors (Lipinski definition) is 9. The van der Waals surface area contributed by atoms with Gasteiger partial charge in [-0.3, -0.25) is 18.7 Å². The molecule has 0 saturated carbocycles. The topological polar surface area (TPSA) is 117 Å². The minimum atomic E-state index is -0.441. The summed E-state index contributed by atoms with van der Waals surface area (Å²) in [6.07, 6.45) is 0.280. The second kappa shape index (κ2) is 7.57. The van der Waals surface area contributed by atoms with E-state index in [0.717, 1.165) is 9.44 Å². The molecule has 1 N–H and O–H groups in total. The Labute approximate surface area is 175 Å². The summed E-state index contributed by atoms with van der Waals surface area (Å²) in [6, 6.07) is 3.79. The molecule has 0 aromatic carbocycles. The molecular formula is C16H15N7O3S3. The number of fused-ring (bicyclic) bond motifs is 1. The van der Waals surface area contributed by atoms with Crippen molar-refractivity contribution in [1.82, 2.24) is 28.9 Å². The highest BCUT2D eigenvalue weighted by atomic mass is 32.2. The summed E-state index contributed by atoms with van der Waals surface area (Å²) >= 11 is 3.93. The maximum absolute atomic E-state index is 12.5. The van der Waals surface area contributed by atoms with Gasteiger partial charge >= 0.3 is 5.69 Å². The van der Waals surface area contributed by atoms with Gasteiger partial charge in [-0.15, -0.1) is 21.5 Å². The molecule has 0 aliphatic carbocycles. The second-order valence-corrected chi connectivity index (χ2v) is 9.34. The van der Waals surface area contributed by atoms with Gasteiger partial charge < -0.3 is 9.88 Å². The zero-order valence-corrected chi connectivity index (χ0v) is 18.0. The van der Waals surface area contributed by atoms with Crippen molar-refractivity contribution >= 4 is 56.6 Å². The van der Waals surface area contributed by atoms with E-state index >= 15 is 0 Å². The van der Waals surface area contributed by atoms with E-state index in [4.69, 9.17) is 0 Å². The summed E-state index contributed by atoms with van der Waals surface area (Å²) in [5, 5.41) is 13.6. The number of amides is 1. The monoisotopic (exact) mass is 449 g/mol. The maximum atomic E-state index is 12.5. The zero-order chi connectivity index (χ0) is 20.7. The normalized spacial score (nSPS) is 11.3. The van der Waals surface area contributed by atoms with E-state index in [1.165, 1.54) is 46.1 Å². The van der Waals surface area contributed by atoms with Gasteiger partial charge in [0.2, 0.25) is 11.0 Å². The quantitative estimate of drug-likeness (QED) is 0.455. The molecule has 0 aliphatic heterocycles. The maximum Gasteiger partial charge on any atom is 0.332 e. The van der Waals surface area contributed by atoms with Crippen molar-refractivity contribution in [3.05, 3.63) is 43.2 Å². The highest BCUT2D eigenvalue weighted by Gasteiger charge is 2.19. The number of anilines is 1. The lowest BCUT2D eigenvalue weighted by Gasteiger charge is -2.03. The van der Waals surface area contributed by atoms with Gasteiger partial charge in [0.1, 0.15) is 0 Å². The Kier molecular flexibility index (Phi) is 5.10. The molecule has 0 atom stereocenters. The highest BCUT2D eigenvalue weighted by molar-refractivity contribution is 8.01. The molecule has 0 unspecified atom stereocenters. The molecule has 10 nitrogen and oxygen atoms in total. The van der Waals surface area contributed by atoms with Gasteiger partial charge in [-0.1, -0.05) is 17.4 Å². The fourth-order valence-corrected chi connectivity index (χ4v) is 5.13. The van der Waals surface area contributed by atoms with E-state index in [9.17, 15) is 14.4 Å². The minimum absolute atomic E-state index is 0.165. The van der Waals surface area contributed by atoms with Crippen LogP contribution in [0.5, 0.6) is 0 Å². The summed E-state index contributed by atoms with van der Waals surface area (Å²) in [5.74, 6) is -0.165. The van der Waals surface area contributed by atoms with Gasteiger partial charge in [-0.25, -0.2) is 9.78 Å². The number of carbonyl (C=O) groups excluding carboxylic acids is 1. The summed E-state index contributed by atoms with van der Waals surface area (Å²) < 4.78 is 4.55. The van der Waals surface area contributed by atoms with Crippen LogP contribution in [0, 0.1) is 0 Å². The lowest BCUT2D eigenvalue weighted by molar-refractivity contribution is -0.115. The third-order valence-electron chi connectivity index (χ3n) is 4.18. The molecule has 13 heteroatoms. The molecule has 0 fully saturated rings. The van der Waals surface area contributed by atoms with Crippen LogP contribution in [-0.4, -0.2) is 34.8 Å². The molecule has 0 radical (unpaired) electrons. The number of aromatic nitrogens is 6. The van der Waals surface area contributed by atoms with Gasteiger partial charge in [0.05, 0.1) is 6.42 Å². The summed E-state index contributed by atoms with van der Waals surface area (Å²) in [4.78, 5) is 42.0. The Morgan fingerprint density at radius 1 is 1.17 bits per heavy atom. The van der Waals surface area contributed by atoms with Gasteiger partial charge in [-0.05, 0) is 23.2 Å². The van der Waals surface area contributed by atoms with Gasteiger partial charge in [0.25, 0.3) is 5.56 Å². The van der Waals surface area contributed by atoms with Gasteiger partial charge in [0.15, 0.2) is 20.7 Å². The molecule has 0 bridgehead atoms.